The summed E-state index contributed by atoms with van der Waals surface area (Å²) >= 11 is 0. The number of nitrogens with one attached hydrogen (secondary N) is 2. The number of anilines is 1. The molecule has 2 atom stereocenters. The highest BCUT2D eigenvalue weighted by Crippen LogP contribution is 2.26. The van der Waals surface area contributed by atoms with E-state index in [1.807, 2.05) is 0 Å². The zero-order valence-electron chi connectivity index (χ0n) is 14.4. The Morgan fingerprint density at radius 2 is 1.84 bits per heavy atom. The molecule has 2 unspecified atom stereocenters. The Kier molecular flexibility index (Phi) is 6.94. The molecule has 3 amide bonds. The largest absolute Gasteiger partial charge is 0.368 e. The Morgan fingerprint density at radius 1 is 1.16 bits per heavy atom. The van der Waals surface area contributed by atoms with E-state index in [0.29, 0.717) is 17.2 Å². The van der Waals surface area contributed by atoms with E-state index in [2.05, 4.69) is 17.6 Å². The summed E-state index contributed by atoms with van der Waals surface area (Å²) in [5, 5.41) is 5.14. The molecule has 7 nitrogen and oxygen atoms in total. The molecule has 1 aromatic rings. The molecular weight excluding hydrogens is 322 g/mol. The van der Waals surface area contributed by atoms with Gasteiger partial charge in [-0.15, -0.1) is 0 Å². The Balaban J connectivity index is 1.78. The summed E-state index contributed by atoms with van der Waals surface area (Å²) in [7, 11) is 0. The number of hydrogen-bond acceptors (Lipinski definition) is 4. The van der Waals surface area contributed by atoms with Crippen LogP contribution in [0.25, 0.3) is 0 Å². The highest BCUT2D eigenvalue weighted by molar-refractivity contribution is 5.97. The normalized spacial score (nSPS) is 19.9. The van der Waals surface area contributed by atoms with E-state index in [0.717, 1.165) is 19.3 Å². The molecule has 0 aliphatic heterocycles. The maximum absolute atomic E-state index is 12.0. The fourth-order valence-electron chi connectivity index (χ4n) is 2.88. The Bertz CT molecular complexity index is 615. The van der Waals surface area contributed by atoms with Crippen LogP contribution < -0.4 is 16.4 Å². The molecule has 0 aromatic heterocycles. The standard InChI is InChI=1S/C18H25N3O4/c1-12-4-2-3-5-15(12)25-11-17(23)21-14-8-6-13(7-9-14)18(24)20-10-16(19)22/h6-9,12,15H,2-5,10-11H2,1H3,(H2,19,22)(H,20,24)(H,21,23). The van der Waals surface area contributed by atoms with Crippen molar-refractivity contribution in [2.45, 2.75) is 38.7 Å². The SMILES string of the molecule is CC1CCCCC1OCC(=O)Nc1ccc(C(=O)NCC(N)=O)cc1. The lowest BCUT2D eigenvalue weighted by Crippen LogP contribution is -2.33. The molecule has 25 heavy (non-hydrogen) atoms. The number of hydrogen-bond donors (Lipinski definition) is 3. The molecule has 0 heterocycles. The molecule has 7 heteroatoms. The molecule has 2 rings (SSSR count). The van der Waals surface area contributed by atoms with E-state index in [-0.39, 0.29) is 25.2 Å². The summed E-state index contributed by atoms with van der Waals surface area (Å²) in [4.78, 5) is 34.4. The van der Waals surface area contributed by atoms with Crippen LogP contribution in [0.1, 0.15) is 43.0 Å². The molecule has 136 valence electrons. The number of rotatable bonds is 7. The average Bonchev–Trinajstić information content (AvgIpc) is 2.59. The number of nitrogens with two attached hydrogens (primary N) is 1. The summed E-state index contributed by atoms with van der Waals surface area (Å²) in [5.41, 5.74) is 5.94. The Morgan fingerprint density at radius 3 is 2.48 bits per heavy atom. The number of carbonyl (C=O) groups excluding carboxylic acids is 3. The van der Waals surface area contributed by atoms with Gasteiger partial charge in [-0.2, -0.15) is 0 Å². The lowest BCUT2D eigenvalue weighted by atomic mass is 9.88. The monoisotopic (exact) mass is 347 g/mol. The van der Waals surface area contributed by atoms with Gasteiger partial charge in [-0.05, 0) is 43.0 Å². The minimum Gasteiger partial charge on any atom is -0.368 e. The molecule has 1 aromatic carbocycles. The second kappa shape index (κ2) is 9.17. The van der Waals surface area contributed by atoms with Crippen LogP contribution in [-0.4, -0.2) is 37.0 Å². The summed E-state index contributed by atoms with van der Waals surface area (Å²) in [6.45, 7) is 1.97. The zero-order valence-corrected chi connectivity index (χ0v) is 14.4. The van der Waals surface area contributed by atoms with Gasteiger partial charge in [0.05, 0.1) is 12.6 Å². The first-order valence-corrected chi connectivity index (χ1v) is 8.53. The summed E-state index contributed by atoms with van der Waals surface area (Å²) in [6, 6.07) is 6.38. The minimum absolute atomic E-state index is 0.0237. The van der Waals surface area contributed by atoms with Gasteiger partial charge in [-0.3, -0.25) is 14.4 Å². The molecule has 0 spiro atoms. The molecule has 0 saturated heterocycles. The zero-order chi connectivity index (χ0) is 18.2. The van der Waals surface area contributed by atoms with Gasteiger partial charge in [0.1, 0.15) is 6.61 Å². The van der Waals surface area contributed by atoms with Crippen molar-refractivity contribution in [2.75, 3.05) is 18.5 Å². The van der Waals surface area contributed by atoms with Crippen LogP contribution in [0.3, 0.4) is 0 Å². The minimum atomic E-state index is -0.607. The molecule has 4 N–H and O–H groups in total. The van der Waals surface area contributed by atoms with Crippen LogP contribution >= 0.6 is 0 Å². The van der Waals surface area contributed by atoms with E-state index in [4.69, 9.17) is 10.5 Å². The van der Waals surface area contributed by atoms with Crippen molar-refractivity contribution in [3.8, 4) is 0 Å². The number of ether oxygens (including phenoxy) is 1. The van der Waals surface area contributed by atoms with Crippen LogP contribution in [0.5, 0.6) is 0 Å². The second-order valence-electron chi connectivity index (χ2n) is 6.39. The van der Waals surface area contributed by atoms with Gasteiger partial charge in [-0.25, -0.2) is 0 Å². The number of carbonyl (C=O) groups is 3. The van der Waals surface area contributed by atoms with Crippen molar-refractivity contribution >= 4 is 23.4 Å². The lowest BCUT2D eigenvalue weighted by Gasteiger charge is -2.28. The number of benzene rings is 1. The third-order valence-corrected chi connectivity index (χ3v) is 4.32. The van der Waals surface area contributed by atoms with E-state index >= 15 is 0 Å². The molecule has 1 saturated carbocycles. The average molecular weight is 347 g/mol. The van der Waals surface area contributed by atoms with Crippen molar-refractivity contribution in [3.05, 3.63) is 29.8 Å². The Labute approximate surface area is 147 Å². The van der Waals surface area contributed by atoms with Crippen molar-refractivity contribution in [1.29, 1.82) is 0 Å². The summed E-state index contributed by atoms with van der Waals surface area (Å²) in [6.07, 6.45) is 4.67. The third kappa shape index (κ3) is 6.19. The lowest BCUT2D eigenvalue weighted by molar-refractivity contribution is -0.124. The first-order chi connectivity index (χ1) is 12.0. The fourth-order valence-corrected chi connectivity index (χ4v) is 2.88. The molecule has 0 bridgehead atoms. The van der Waals surface area contributed by atoms with Gasteiger partial charge >= 0.3 is 0 Å². The van der Waals surface area contributed by atoms with E-state index < -0.39 is 11.8 Å². The number of amides is 3. The van der Waals surface area contributed by atoms with E-state index in [9.17, 15) is 14.4 Å². The smallest absolute Gasteiger partial charge is 0.251 e. The van der Waals surface area contributed by atoms with Gasteiger partial charge < -0.3 is 21.1 Å². The summed E-state index contributed by atoms with van der Waals surface area (Å²) < 4.78 is 5.73. The third-order valence-electron chi connectivity index (χ3n) is 4.32. The van der Waals surface area contributed by atoms with Crippen LogP contribution in [0, 0.1) is 5.92 Å². The highest BCUT2D eigenvalue weighted by atomic mass is 16.5. The predicted octanol–water partition coefficient (Wildman–Crippen LogP) is 1.44. The summed E-state index contributed by atoms with van der Waals surface area (Å²) in [5.74, 6) is -0.737. The van der Waals surface area contributed by atoms with Crippen LogP contribution in [0.4, 0.5) is 5.69 Å². The quantitative estimate of drug-likeness (QED) is 0.693. The van der Waals surface area contributed by atoms with Crippen molar-refractivity contribution in [1.82, 2.24) is 5.32 Å². The molecule has 1 fully saturated rings. The molecule has 1 aliphatic rings. The van der Waals surface area contributed by atoms with Gasteiger partial charge in [-0.1, -0.05) is 19.8 Å². The van der Waals surface area contributed by atoms with Gasteiger partial charge in [0, 0.05) is 11.3 Å². The van der Waals surface area contributed by atoms with Crippen LogP contribution in [0.15, 0.2) is 24.3 Å². The highest BCUT2D eigenvalue weighted by Gasteiger charge is 2.22. The topological polar surface area (TPSA) is 111 Å². The van der Waals surface area contributed by atoms with Crippen LogP contribution in [0.2, 0.25) is 0 Å². The predicted molar refractivity (Wildman–Crippen MR) is 94.0 cm³/mol. The number of primary amides is 1. The van der Waals surface area contributed by atoms with Crippen molar-refractivity contribution < 1.29 is 19.1 Å². The van der Waals surface area contributed by atoms with E-state index in [1.165, 1.54) is 6.42 Å². The molecular formula is C18H25N3O4. The maximum atomic E-state index is 12.0. The first-order valence-electron chi connectivity index (χ1n) is 8.53. The van der Waals surface area contributed by atoms with Crippen molar-refractivity contribution in [2.24, 2.45) is 11.7 Å². The maximum Gasteiger partial charge on any atom is 0.251 e. The Hall–Kier alpha value is -2.41. The molecule has 0 radical (unpaired) electrons. The van der Waals surface area contributed by atoms with Gasteiger partial charge in [0.25, 0.3) is 5.91 Å². The fraction of sp³-hybridized carbons (Fsp3) is 0.500. The van der Waals surface area contributed by atoms with Gasteiger partial charge in [0.2, 0.25) is 11.8 Å². The van der Waals surface area contributed by atoms with Crippen LogP contribution in [-0.2, 0) is 14.3 Å². The van der Waals surface area contributed by atoms with E-state index in [1.54, 1.807) is 24.3 Å². The van der Waals surface area contributed by atoms with Gasteiger partial charge in [0.15, 0.2) is 0 Å². The first kappa shape index (κ1) is 18.9. The second-order valence-corrected chi connectivity index (χ2v) is 6.39. The van der Waals surface area contributed by atoms with Crippen molar-refractivity contribution in [3.63, 3.8) is 0 Å². The molecule has 1 aliphatic carbocycles.